The third-order valence-electron chi connectivity index (χ3n) is 2.95. The molecular formula is C12H20N4. The van der Waals surface area contributed by atoms with Gasteiger partial charge in [0.25, 0.3) is 0 Å². The van der Waals surface area contributed by atoms with Crippen molar-refractivity contribution in [2.45, 2.75) is 25.9 Å². The van der Waals surface area contributed by atoms with E-state index < -0.39 is 0 Å². The first-order valence-corrected chi connectivity index (χ1v) is 5.83. The van der Waals surface area contributed by atoms with Crippen LogP contribution in [-0.4, -0.2) is 61.2 Å². The SMILES string of the molecule is [C-]#[N+]C(C)CN1CCN(CC(C)[N+]#[C-])CC1. The molecule has 88 valence electrons. The fourth-order valence-electron chi connectivity index (χ4n) is 1.98. The lowest BCUT2D eigenvalue weighted by Crippen LogP contribution is -2.49. The minimum Gasteiger partial charge on any atom is -0.313 e. The highest BCUT2D eigenvalue weighted by Crippen LogP contribution is 2.05. The van der Waals surface area contributed by atoms with Gasteiger partial charge in [0.05, 0.1) is 13.1 Å². The van der Waals surface area contributed by atoms with Crippen molar-refractivity contribution in [3.63, 3.8) is 0 Å². The van der Waals surface area contributed by atoms with E-state index in [0.717, 1.165) is 39.3 Å². The average molecular weight is 220 g/mol. The summed E-state index contributed by atoms with van der Waals surface area (Å²) in [4.78, 5) is 11.7. The van der Waals surface area contributed by atoms with Gasteiger partial charge in [-0.25, -0.2) is 13.1 Å². The Kier molecular flexibility index (Phi) is 5.25. The van der Waals surface area contributed by atoms with Crippen LogP contribution in [0.4, 0.5) is 0 Å². The number of piperazine rings is 1. The van der Waals surface area contributed by atoms with Gasteiger partial charge in [-0.15, -0.1) is 0 Å². The third kappa shape index (κ3) is 4.18. The topological polar surface area (TPSA) is 15.2 Å². The quantitative estimate of drug-likeness (QED) is 0.662. The van der Waals surface area contributed by atoms with Crippen LogP contribution < -0.4 is 0 Å². The van der Waals surface area contributed by atoms with Gasteiger partial charge in [0.15, 0.2) is 0 Å². The predicted molar refractivity (Wildman–Crippen MR) is 65.0 cm³/mol. The van der Waals surface area contributed by atoms with Crippen LogP contribution in [0, 0.1) is 13.1 Å². The molecule has 0 radical (unpaired) electrons. The number of rotatable bonds is 4. The summed E-state index contributed by atoms with van der Waals surface area (Å²) in [5.41, 5.74) is 0. The molecule has 1 saturated heterocycles. The minimum absolute atomic E-state index is 0.105. The van der Waals surface area contributed by atoms with Crippen LogP contribution in [0.5, 0.6) is 0 Å². The molecule has 0 aliphatic carbocycles. The van der Waals surface area contributed by atoms with Crippen LogP contribution in [-0.2, 0) is 0 Å². The van der Waals surface area contributed by atoms with Crippen molar-refractivity contribution in [2.75, 3.05) is 39.3 Å². The summed E-state index contributed by atoms with van der Waals surface area (Å²) in [6.07, 6.45) is 0. The second-order valence-corrected chi connectivity index (χ2v) is 4.56. The molecule has 0 spiro atoms. The third-order valence-corrected chi connectivity index (χ3v) is 2.95. The van der Waals surface area contributed by atoms with E-state index in [2.05, 4.69) is 19.5 Å². The normalized spacial score (nSPS) is 22.0. The second kappa shape index (κ2) is 6.48. The molecule has 2 unspecified atom stereocenters. The first-order chi connectivity index (χ1) is 7.65. The maximum Gasteiger partial charge on any atom is 0.233 e. The van der Waals surface area contributed by atoms with Crippen LogP contribution in [0.25, 0.3) is 9.69 Å². The molecule has 4 heteroatoms. The number of hydrogen-bond donors (Lipinski definition) is 0. The van der Waals surface area contributed by atoms with Crippen molar-refractivity contribution in [2.24, 2.45) is 0 Å². The van der Waals surface area contributed by atoms with Crippen LogP contribution in [0.15, 0.2) is 0 Å². The fraction of sp³-hybridized carbons (Fsp3) is 0.833. The Morgan fingerprint density at radius 1 is 0.875 bits per heavy atom. The summed E-state index contributed by atoms with van der Waals surface area (Å²) >= 11 is 0. The molecule has 0 aromatic carbocycles. The van der Waals surface area contributed by atoms with E-state index >= 15 is 0 Å². The zero-order valence-electron chi connectivity index (χ0n) is 10.2. The van der Waals surface area contributed by atoms with Crippen LogP contribution in [0.1, 0.15) is 13.8 Å². The standard InChI is InChI=1S/C12H20N4/c1-11(13-3)9-15-5-7-16(8-6-15)10-12(2)14-4/h11-12H,5-10H2,1-2H3. The molecule has 1 aliphatic heterocycles. The summed E-state index contributed by atoms with van der Waals surface area (Å²) < 4.78 is 0. The van der Waals surface area contributed by atoms with Gasteiger partial charge in [-0.1, -0.05) is 0 Å². The van der Waals surface area contributed by atoms with E-state index in [0.29, 0.717) is 0 Å². The Labute approximate surface area is 98.5 Å². The van der Waals surface area contributed by atoms with Crippen LogP contribution in [0.2, 0.25) is 0 Å². The number of nitrogens with zero attached hydrogens (tertiary/aromatic N) is 4. The summed E-state index contributed by atoms with van der Waals surface area (Å²) in [6.45, 7) is 23.7. The predicted octanol–water partition coefficient (Wildman–Crippen LogP) is 1.22. The molecule has 16 heavy (non-hydrogen) atoms. The van der Waals surface area contributed by atoms with Crippen molar-refractivity contribution in [1.29, 1.82) is 0 Å². The molecular weight excluding hydrogens is 200 g/mol. The summed E-state index contributed by atoms with van der Waals surface area (Å²) in [7, 11) is 0. The smallest absolute Gasteiger partial charge is 0.233 e. The molecule has 0 amide bonds. The van der Waals surface area contributed by atoms with E-state index in [1.165, 1.54) is 0 Å². The van der Waals surface area contributed by atoms with Gasteiger partial charge in [0, 0.05) is 40.0 Å². The molecule has 0 aromatic heterocycles. The molecule has 1 heterocycles. The largest absolute Gasteiger partial charge is 0.313 e. The highest BCUT2D eigenvalue weighted by atomic mass is 15.3. The Bertz CT molecular complexity index is 250. The van der Waals surface area contributed by atoms with E-state index in [4.69, 9.17) is 13.1 Å². The summed E-state index contributed by atoms with van der Waals surface area (Å²) in [5, 5.41) is 0. The van der Waals surface area contributed by atoms with Gasteiger partial charge in [0.2, 0.25) is 12.1 Å². The van der Waals surface area contributed by atoms with Crippen molar-refractivity contribution in [1.82, 2.24) is 9.80 Å². The minimum atomic E-state index is 0.105. The first kappa shape index (κ1) is 13.0. The van der Waals surface area contributed by atoms with Gasteiger partial charge in [-0.3, -0.25) is 9.80 Å². The van der Waals surface area contributed by atoms with Crippen molar-refractivity contribution in [3.05, 3.63) is 22.8 Å². The zero-order valence-corrected chi connectivity index (χ0v) is 10.2. The maximum absolute atomic E-state index is 6.94. The monoisotopic (exact) mass is 220 g/mol. The second-order valence-electron chi connectivity index (χ2n) is 4.56. The van der Waals surface area contributed by atoms with Crippen LogP contribution in [0.3, 0.4) is 0 Å². The molecule has 1 rings (SSSR count). The Balaban J connectivity index is 2.24. The zero-order chi connectivity index (χ0) is 12.0. The lowest BCUT2D eigenvalue weighted by Gasteiger charge is -2.34. The van der Waals surface area contributed by atoms with E-state index in [1.807, 2.05) is 13.8 Å². The first-order valence-electron chi connectivity index (χ1n) is 5.83. The molecule has 0 aromatic rings. The van der Waals surface area contributed by atoms with Crippen LogP contribution >= 0.6 is 0 Å². The number of hydrogen-bond acceptors (Lipinski definition) is 2. The average Bonchev–Trinajstić information content (AvgIpc) is 2.31. The molecule has 1 fully saturated rings. The van der Waals surface area contributed by atoms with E-state index in [1.54, 1.807) is 0 Å². The highest BCUT2D eigenvalue weighted by Gasteiger charge is 2.21. The molecule has 0 N–H and O–H groups in total. The Hall–Kier alpha value is -1.10. The summed E-state index contributed by atoms with van der Waals surface area (Å²) in [6, 6.07) is 0.211. The highest BCUT2D eigenvalue weighted by molar-refractivity contribution is 4.83. The molecule has 2 atom stereocenters. The molecule has 0 bridgehead atoms. The van der Waals surface area contributed by atoms with E-state index in [9.17, 15) is 0 Å². The lowest BCUT2D eigenvalue weighted by molar-refractivity contribution is 0.130. The fourth-order valence-corrected chi connectivity index (χ4v) is 1.98. The molecule has 4 nitrogen and oxygen atoms in total. The van der Waals surface area contributed by atoms with Crippen molar-refractivity contribution >= 4 is 0 Å². The van der Waals surface area contributed by atoms with Gasteiger partial charge < -0.3 is 9.69 Å². The van der Waals surface area contributed by atoms with Gasteiger partial charge in [-0.05, 0) is 0 Å². The Morgan fingerprint density at radius 3 is 1.44 bits per heavy atom. The summed E-state index contributed by atoms with van der Waals surface area (Å²) in [5.74, 6) is 0. The maximum atomic E-state index is 6.94. The van der Waals surface area contributed by atoms with Crippen molar-refractivity contribution < 1.29 is 0 Å². The van der Waals surface area contributed by atoms with E-state index in [-0.39, 0.29) is 12.1 Å². The van der Waals surface area contributed by atoms with Gasteiger partial charge in [0.1, 0.15) is 0 Å². The van der Waals surface area contributed by atoms with Gasteiger partial charge >= 0.3 is 0 Å². The lowest BCUT2D eigenvalue weighted by atomic mass is 10.2. The van der Waals surface area contributed by atoms with Crippen molar-refractivity contribution in [3.8, 4) is 0 Å². The Morgan fingerprint density at radius 2 is 1.19 bits per heavy atom. The molecule has 1 aliphatic rings. The van der Waals surface area contributed by atoms with Gasteiger partial charge in [-0.2, -0.15) is 0 Å². The molecule has 0 saturated carbocycles.